The Bertz CT molecular complexity index is 707. The van der Waals surface area contributed by atoms with Crippen LogP contribution >= 0.6 is 0 Å². The van der Waals surface area contributed by atoms with Gasteiger partial charge in [0.05, 0.1) is 6.17 Å². The van der Waals surface area contributed by atoms with Crippen molar-refractivity contribution in [3.63, 3.8) is 0 Å². The van der Waals surface area contributed by atoms with E-state index >= 15 is 0 Å². The van der Waals surface area contributed by atoms with Crippen LogP contribution in [0.3, 0.4) is 0 Å². The summed E-state index contributed by atoms with van der Waals surface area (Å²) in [5.41, 5.74) is 0.725. The number of nitrogens with zero attached hydrogens (tertiary/aromatic N) is 3. The van der Waals surface area contributed by atoms with Gasteiger partial charge in [0.1, 0.15) is 5.70 Å². The topological polar surface area (TPSA) is 50.9 Å². The van der Waals surface area contributed by atoms with Crippen LogP contribution in [-0.2, 0) is 4.79 Å². The van der Waals surface area contributed by atoms with Gasteiger partial charge in [-0.2, -0.15) is 0 Å². The number of hydrogen-bond donors (Lipinski definition) is 2. The number of dihydropyridines is 1. The average molecular weight is 428 g/mol. The van der Waals surface area contributed by atoms with E-state index in [1.54, 1.807) is 0 Å². The minimum atomic E-state index is 0.0533. The van der Waals surface area contributed by atoms with E-state index in [1.165, 1.54) is 58.2 Å². The van der Waals surface area contributed by atoms with Crippen molar-refractivity contribution in [2.45, 2.75) is 76.7 Å². The van der Waals surface area contributed by atoms with E-state index in [1.807, 2.05) is 6.08 Å². The third-order valence-corrected chi connectivity index (χ3v) is 8.23. The van der Waals surface area contributed by atoms with E-state index in [2.05, 4.69) is 51.3 Å². The van der Waals surface area contributed by atoms with Crippen LogP contribution in [0.2, 0.25) is 0 Å². The second-order valence-corrected chi connectivity index (χ2v) is 10.8. The fourth-order valence-corrected chi connectivity index (χ4v) is 6.08. The normalized spacial score (nSPS) is 33.3. The summed E-state index contributed by atoms with van der Waals surface area (Å²) < 4.78 is 0. The Hall–Kier alpha value is -1.37. The van der Waals surface area contributed by atoms with Gasteiger partial charge in [-0.3, -0.25) is 14.6 Å². The Morgan fingerprint density at radius 2 is 1.87 bits per heavy atom. The molecule has 5 heterocycles. The maximum Gasteiger partial charge on any atom is 0.267 e. The van der Waals surface area contributed by atoms with Crippen molar-refractivity contribution in [1.29, 1.82) is 0 Å². The van der Waals surface area contributed by atoms with Crippen LogP contribution in [0.1, 0.15) is 52.4 Å². The molecule has 2 bridgehead atoms. The van der Waals surface area contributed by atoms with E-state index in [-0.39, 0.29) is 12.1 Å². The standard InChI is InChI=1S/C25H41N5O/c1-18(2)28-12-10-21(11-13-28)30-16-20-8-9-22(30)17-29(15-20)24-5-3-4-23(27-24)25(31)26-14-19-6-7-19/h3-5,18-22,24,27H,6-17H2,1-2H3,(H,26,31). The van der Waals surface area contributed by atoms with Gasteiger partial charge in [0, 0.05) is 44.3 Å². The molecule has 6 heteroatoms. The molecule has 2 N–H and O–H groups in total. The number of fused-ring (bicyclic) bond motifs is 4. The number of nitrogens with one attached hydrogen (secondary N) is 2. The monoisotopic (exact) mass is 427 g/mol. The molecule has 3 unspecified atom stereocenters. The zero-order valence-electron chi connectivity index (χ0n) is 19.4. The summed E-state index contributed by atoms with van der Waals surface area (Å²) in [6, 6.07) is 2.08. The molecule has 1 aliphatic carbocycles. The molecule has 1 saturated carbocycles. The zero-order chi connectivity index (χ0) is 21.4. The Labute approximate surface area is 188 Å². The SMILES string of the molecule is CC(C)N1CCC(N2CC3CCC2CN(C2C=CC=C(C(=O)NCC4CC4)N2)C3)CC1. The highest BCUT2D eigenvalue weighted by molar-refractivity contribution is 5.93. The van der Waals surface area contributed by atoms with E-state index in [4.69, 9.17) is 0 Å². The average Bonchev–Trinajstić information content (AvgIpc) is 3.65. The highest BCUT2D eigenvalue weighted by atomic mass is 16.2. The number of rotatable bonds is 6. The van der Waals surface area contributed by atoms with Gasteiger partial charge in [0.15, 0.2) is 0 Å². The van der Waals surface area contributed by atoms with Gasteiger partial charge < -0.3 is 15.5 Å². The van der Waals surface area contributed by atoms with Crippen molar-refractivity contribution in [3.05, 3.63) is 23.9 Å². The van der Waals surface area contributed by atoms with E-state index in [0.717, 1.165) is 37.3 Å². The predicted octanol–water partition coefficient (Wildman–Crippen LogP) is 2.15. The molecular weight excluding hydrogens is 386 g/mol. The van der Waals surface area contributed by atoms with Crippen molar-refractivity contribution in [1.82, 2.24) is 25.3 Å². The summed E-state index contributed by atoms with van der Waals surface area (Å²) in [5.74, 6) is 1.51. The smallest absolute Gasteiger partial charge is 0.267 e. The first-order valence-corrected chi connectivity index (χ1v) is 12.7. The van der Waals surface area contributed by atoms with Crippen molar-refractivity contribution in [2.24, 2.45) is 11.8 Å². The molecule has 6 aliphatic rings. The van der Waals surface area contributed by atoms with Crippen LogP contribution in [0.15, 0.2) is 23.9 Å². The van der Waals surface area contributed by atoms with Crippen LogP contribution in [0.4, 0.5) is 0 Å². The molecule has 0 aromatic rings. The molecule has 6 nitrogen and oxygen atoms in total. The minimum Gasteiger partial charge on any atom is -0.362 e. The van der Waals surface area contributed by atoms with Crippen molar-refractivity contribution >= 4 is 5.91 Å². The Morgan fingerprint density at radius 1 is 1.06 bits per heavy atom. The Morgan fingerprint density at radius 3 is 2.61 bits per heavy atom. The van der Waals surface area contributed by atoms with Gasteiger partial charge in [0.25, 0.3) is 5.91 Å². The lowest BCUT2D eigenvalue weighted by Gasteiger charge is -2.45. The highest BCUT2D eigenvalue weighted by Crippen LogP contribution is 2.33. The van der Waals surface area contributed by atoms with Gasteiger partial charge in [-0.25, -0.2) is 0 Å². The number of amides is 1. The molecule has 1 amide bonds. The number of piperidine rings is 2. The lowest BCUT2D eigenvalue weighted by molar-refractivity contribution is -0.118. The number of allylic oxidation sites excluding steroid dienone is 2. The van der Waals surface area contributed by atoms with Gasteiger partial charge in [0.2, 0.25) is 0 Å². The van der Waals surface area contributed by atoms with Crippen molar-refractivity contribution in [3.8, 4) is 0 Å². The fraction of sp³-hybridized carbons (Fsp3) is 0.800. The van der Waals surface area contributed by atoms with Crippen molar-refractivity contribution < 1.29 is 4.79 Å². The summed E-state index contributed by atoms with van der Waals surface area (Å²) in [5, 5.41) is 6.65. The van der Waals surface area contributed by atoms with Gasteiger partial charge in [-0.15, -0.1) is 0 Å². The summed E-state index contributed by atoms with van der Waals surface area (Å²) >= 11 is 0. The second-order valence-electron chi connectivity index (χ2n) is 10.8. The highest BCUT2D eigenvalue weighted by Gasteiger charge is 2.40. The molecule has 5 fully saturated rings. The largest absolute Gasteiger partial charge is 0.362 e. The first kappa shape index (κ1) is 21.5. The summed E-state index contributed by atoms with van der Waals surface area (Å²) in [4.78, 5) is 20.7. The Kier molecular flexibility index (Phi) is 6.40. The molecule has 172 valence electrons. The molecule has 3 atom stereocenters. The van der Waals surface area contributed by atoms with E-state index < -0.39 is 0 Å². The van der Waals surface area contributed by atoms with Crippen LogP contribution in [0.5, 0.6) is 0 Å². The van der Waals surface area contributed by atoms with Crippen LogP contribution < -0.4 is 10.6 Å². The first-order chi connectivity index (χ1) is 15.1. The molecule has 5 aliphatic heterocycles. The lowest BCUT2D eigenvalue weighted by atomic mass is 9.90. The van der Waals surface area contributed by atoms with Crippen LogP contribution in [0.25, 0.3) is 0 Å². The molecule has 6 rings (SSSR count). The Balaban J connectivity index is 1.18. The van der Waals surface area contributed by atoms with E-state index in [9.17, 15) is 4.79 Å². The second kappa shape index (κ2) is 9.24. The maximum absolute atomic E-state index is 12.6. The van der Waals surface area contributed by atoms with Crippen molar-refractivity contribution in [2.75, 3.05) is 39.3 Å². The quantitative estimate of drug-likeness (QED) is 0.680. The minimum absolute atomic E-state index is 0.0533. The summed E-state index contributed by atoms with van der Waals surface area (Å²) in [6.07, 6.45) is 14.2. The molecule has 4 saturated heterocycles. The van der Waals surface area contributed by atoms with E-state index in [0.29, 0.717) is 18.0 Å². The third kappa shape index (κ3) is 5.01. The number of carbonyl (C=O) groups excluding carboxylic acids is 1. The molecule has 31 heavy (non-hydrogen) atoms. The molecule has 0 aromatic heterocycles. The predicted molar refractivity (Wildman–Crippen MR) is 124 cm³/mol. The first-order valence-electron chi connectivity index (χ1n) is 12.7. The maximum atomic E-state index is 12.6. The van der Waals surface area contributed by atoms with Gasteiger partial charge >= 0.3 is 0 Å². The van der Waals surface area contributed by atoms with Gasteiger partial charge in [-0.05, 0) is 89.4 Å². The van der Waals surface area contributed by atoms with Gasteiger partial charge in [-0.1, -0.05) is 6.08 Å². The van der Waals surface area contributed by atoms with Crippen LogP contribution in [0, 0.1) is 11.8 Å². The summed E-state index contributed by atoms with van der Waals surface area (Å²) in [6.45, 7) is 11.5. The molecule has 0 aromatic carbocycles. The molecule has 0 radical (unpaired) electrons. The third-order valence-electron chi connectivity index (χ3n) is 8.23. The zero-order valence-corrected chi connectivity index (χ0v) is 19.4. The molecular formula is C25H41N5O. The fourth-order valence-electron chi connectivity index (χ4n) is 6.08. The number of carbonyl (C=O) groups is 1. The molecule has 0 spiro atoms. The summed E-state index contributed by atoms with van der Waals surface area (Å²) in [7, 11) is 0. The number of hydrogen-bond acceptors (Lipinski definition) is 5. The lowest BCUT2D eigenvalue weighted by Crippen LogP contribution is -2.54. The number of likely N-dealkylation sites (tertiary alicyclic amines) is 1. The van der Waals surface area contributed by atoms with Crippen LogP contribution in [-0.4, -0.2) is 84.2 Å².